The zero-order valence-electron chi connectivity index (χ0n) is 7.20. The first kappa shape index (κ1) is 10.8. The molecule has 0 bridgehead atoms. The van der Waals surface area contributed by atoms with E-state index in [1.165, 1.54) is 7.11 Å². The molecule has 0 aliphatic carbocycles. The second-order valence-corrected chi connectivity index (χ2v) is 2.93. The molecule has 0 aromatic rings. The van der Waals surface area contributed by atoms with E-state index < -0.39 is 37.3 Å². The molecule has 13 heavy (non-hydrogen) atoms. The lowest BCUT2D eigenvalue weighted by Gasteiger charge is -2.38. The second-order valence-electron chi connectivity index (χ2n) is 2.93. The first-order valence-electron chi connectivity index (χ1n) is 3.95. The maximum atomic E-state index is 9.28. The quantitative estimate of drug-likeness (QED) is 0.386. The summed E-state index contributed by atoms with van der Waals surface area (Å²) in [5.41, 5.74) is 0. The number of rotatable bonds is 2. The van der Waals surface area contributed by atoms with Crippen LogP contribution in [0.1, 0.15) is 0 Å². The molecule has 0 aromatic heterocycles. The third-order valence-corrected chi connectivity index (χ3v) is 2.08. The number of aliphatic hydroxyl groups is 4. The molecule has 0 saturated carbocycles. The molecule has 1 aliphatic heterocycles. The van der Waals surface area contributed by atoms with Crippen molar-refractivity contribution in [1.29, 1.82) is 0 Å². The fraction of sp³-hybridized carbons (Fsp3) is 1.00. The van der Waals surface area contributed by atoms with Crippen molar-refractivity contribution in [2.45, 2.75) is 30.7 Å². The lowest BCUT2D eigenvalue weighted by Crippen LogP contribution is -2.58. The summed E-state index contributed by atoms with van der Waals surface area (Å²) < 4.78 is 9.65. The molecule has 1 saturated heterocycles. The Bertz CT molecular complexity index is 143. The fourth-order valence-electron chi connectivity index (χ4n) is 1.26. The van der Waals surface area contributed by atoms with E-state index in [1.54, 1.807) is 0 Å². The van der Waals surface area contributed by atoms with Crippen LogP contribution in [0.2, 0.25) is 0 Å². The number of methoxy groups -OCH3 is 1. The summed E-state index contributed by atoms with van der Waals surface area (Å²) in [6.45, 7) is -0.440. The Morgan fingerprint density at radius 2 is 1.77 bits per heavy atom. The van der Waals surface area contributed by atoms with Crippen LogP contribution in [-0.2, 0) is 9.47 Å². The van der Waals surface area contributed by atoms with Crippen molar-refractivity contribution in [1.82, 2.24) is 0 Å². The molecule has 0 amide bonds. The number of ether oxygens (including phenoxy) is 2. The van der Waals surface area contributed by atoms with Crippen molar-refractivity contribution in [3.63, 3.8) is 0 Å². The van der Waals surface area contributed by atoms with Crippen LogP contribution in [0.15, 0.2) is 0 Å². The predicted molar refractivity (Wildman–Crippen MR) is 40.8 cm³/mol. The summed E-state index contributed by atoms with van der Waals surface area (Å²) in [5.74, 6) is 0. The Morgan fingerprint density at radius 1 is 1.15 bits per heavy atom. The summed E-state index contributed by atoms with van der Waals surface area (Å²) >= 11 is 0. The Balaban J connectivity index is 2.66. The van der Waals surface area contributed by atoms with Crippen molar-refractivity contribution >= 4 is 0 Å². The number of hydrogen-bond acceptors (Lipinski definition) is 6. The van der Waals surface area contributed by atoms with Crippen LogP contribution in [0.5, 0.6) is 0 Å². The lowest BCUT2D eigenvalue weighted by molar-refractivity contribution is -0.294. The van der Waals surface area contributed by atoms with E-state index in [-0.39, 0.29) is 0 Å². The SMILES string of the molecule is CO[C@@H]1OC(CO)[C@H](O)[C@H](O)C1O. The molecule has 0 radical (unpaired) electrons. The summed E-state index contributed by atoms with van der Waals surface area (Å²) in [6, 6.07) is 0. The largest absolute Gasteiger partial charge is 0.394 e. The first-order chi connectivity index (χ1) is 6.11. The van der Waals surface area contributed by atoms with E-state index in [4.69, 9.17) is 14.6 Å². The third-order valence-electron chi connectivity index (χ3n) is 2.08. The molecule has 6 heteroatoms. The van der Waals surface area contributed by atoms with Crippen LogP contribution in [0.25, 0.3) is 0 Å². The molecule has 6 nitrogen and oxygen atoms in total. The van der Waals surface area contributed by atoms with Crippen molar-refractivity contribution in [3.05, 3.63) is 0 Å². The average molecular weight is 194 g/mol. The van der Waals surface area contributed by atoms with Gasteiger partial charge in [0.15, 0.2) is 6.29 Å². The van der Waals surface area contributed by atoms with E-state index in [0.29, 0.717) is 0 Å². The zero-order valence-corrected chi connectivity index (χ0v) is 7.20. The van der Waals surface area contributed by atoms with Crippen molar-refractivity contribution in [2.24, 2.45) is 0 Å². The molecular weight excluding hydrogens is 180 g/mol. The number of hydrogen-bond donors (Lipinski definition) is 4. The summed E-state index contributed by atoms with van der Waals surface area (Å²) in [5, 5.41) is 36.6. The highest BCUT2D eigenvalue weighted by Crippen LogP contribution is 2.20. The van der Waals surface area contributed by atoms with E-state index >= 15 is 0 Å². The third kappa shape index (κ3) is 1.98. The Hall–Kier alpha value is -0.240. The molecular formula is C7H14O6. The molecule has 1 rings (SSSR count). The van der Waals surface area contributed by atoms with Gasteiger partial charge in [-0.15, -0.1) is 0 Å². The maximum absolute atomic E-state index is 9.28. The zero-order chi connectivity index (χ0) is 10.0. The van der Waals surface area contributed by atoms with Gasteiger partial charge in [0.25, 0.3) is 0 Å². The van der Waals surface area contributed by atoms with Crippen LogP contribution in [0, 0.1) is 0 Å². The van der Waals surface area contributed by atoms with Gasteiger partial charge in [0.2, 0.25) is 0 Å². The molecule has 1 fully saturated rings. The van der Waals surface area contributed by atoms with Gasteiger partial charge in [0.05, 0.1) is 6.61 Å². The molecule has 78 valence electrons. The summed E-state index contributed by atoms with van der Waals surface area (Å²) in [7, 11) is 1.30. The van der Waals surface area contributed by atoms with Gasteiger partial charge in [-0.3, -0.25) is 0 Å². The van der Waals surface area contributed by atoms with Crippen LogP contribution in [0.3, 0.4) is 0 Å². The molecule has 4 N–H and O–H groups in total. The second kappa shape index (κ2) is 4.32. The highest BCUT2D eigenvalue weighted by atomic mass is 16.7. The summed E-state index contributed by atoms with van der Waals surface area (Å²) in [4.78, 5) is 0. The van der Waals surface area contributed by atoms with Crippen molar-refractivity contribution < 1.29 is 29.9 Å². The van der Waals surface area contributed by atoms with Crippen LogP contribution >= 0.6 is 0 Å². The van der Waals surface area contributed by atoms with Crippen LogP contribution in [0.4, 0.5) is 0 Å². The van der Waals surface area contributed by atoms with E-state index in [2.05, 4.69) is 0 Å². The predicted octanol–water partition coefficient (Wildman–Crippen LogP) is -2.57. The van der Waals surface area contributed by atoms with Gasteiger partial charge in [-0.1, -0.05) is 0 Å². The van der Waals surface area contributed by atoms with Gasteiger partial charge in [-0.2, -0.15) is 0 Å². The molecule has 5 atom stereocenters. The molecule has 0 aromatic carbocycles. The normalized spacial score (nSPS) is 46.4. The highest BCUT2D eigenvalue weighted by Gasteiger charge is 2.43. The standard InChI is InChI=1S/C7H14O6/c1-12-7-6(11)5(10)4(9)3(2-8)13-7/h3-11H,2H2,1H3/t3?,4-,5-,6?,7+/m0/s1. The Kier molecular flexibility index (Phi) is 3.60. The highest BCUT2D eigenvalue weighted by molar-refractivity contribution is 4.88. The number of aliphatic hydroxyl groups excluding tert-OH is 4. The Labute approximate surface area is 75.3 Å². The lowest BCUT2D eigenvalue weighted by atomic mass is 9.99. The van der Waals surface area contributed by atoms with E-state index in [9.17, 15) is 15.3 Å². The molecule has 0 spiro atoms. The summed E-state index contributed by atoms with van der Waals surface area (Å²) in [6.07, 6.45) is -5.91. The van der Waals surface area contributed by atoms with Crippen molar-refractivity contribution in [3.8, 4) is 0 Å². The fourth-order valence-corrected chi connectivity index (χ4v) is 1.26. The van der Waals surface area contributed by atoms with Gasteiger partial charge in [-0.25, -0.2) is 0 Å². The van der Waals surface area contributed by atoms with E-state index in [1.807, 2.05) is 0 Å². The van der Waals surface area contributed by atoms with Gasteiger partial charge in [-0.05, 0) is 0 Å². The van der Waals surface area contributed by atoms with Crippen LogP contribution in [-0.4, -0.2) is 64.8 Å². The smallest absolute Gasteiger partial charge is 0.186 e. The minimum atomic E-state index is -1.36. The molecule has 1 heterocycles. The van der Waals surface area contributed by atoms with Gasteiger partial charge in [0, 0.05) is 7.11 Å². The molecule has 2 unspecified atom stereocenters. The Morgan fingerprint density at radius 3 is 2.23 bits per heavy atom. The minimum Gasteiger partial charge on any atom is -0.394 e. The van der Waals surface area contributed by atoms with Crippen molar-refractivity contribution in [2.75, 3.05) is 13.7 Å². The molecule has 1 aliphatic rings. The average Bonchev–Trinajstić information content (AvgIpc) is 2.15. The maximum Gasteiger partial charge on any atom is 0.186 e. The minimum absolute atomic E-state index is 0.440. The van der Waals surface area contributed by atoms with Gasteiger partial charge < -0.3 is 29.9 Å². The van der Waals surface area contributed by atoms with Gasteiger partial charge >= 0.3 is 0 Å². The van der Waals surface area contributed by atoms with Crippen LogP contribution < -0.4 is 0 Å². The monoisotopic (exact) mass is 194 g/mol. The topological polar surface area (TPSA) is 99.4 Å². The first-order valence-corrected chi connectivity index (χ1v) is 3.95. The van der Waals surface area contributed by atoms with Gasteiger partial charge in [0.1, 0.15) is 24.4 Å². The van der Waals surface area contributed by atoms with E-state index in [0.717, 1.165) is 0 Å².